The molecular formula is C16H23NO. The number of carbonyl (C=O) groups excluding carboxylic acids is 1. The highest BCUT2D eigenvalue weighted by molar-refractivity contribution is 5.95. The molecule has 98 valence electrons. The standard InChI is InChI=1S/C16H23NO/c1-11-8-9-14(13(3)10-11)16(18)17-15-7-5-4-6-12(15)2/h8-10,12,15H,4-7H2,1-3H3,(H,17,18). The van der Waals surface area contributed by atoms with Crippen molar-refractivity contribution in [2.75, 3.05) is 0 Å². The Morgan fingerprint density at radius 1 is 1.22 bits per heavy atom. The van der Waals surface area contributed by atoms with Gasteiger partial charge in [-0.1, -0.05) is 37.5 Å². The van der Waals surface area contributed by atoms with Gasteiger partial charge in [0.2, 0.25) is 0 Å². The molecule has 2 unspecified atom stereocenters. The van der Waals surface area contributed by atoms with E-state index < -0.39 is 0 Å². The molecule has 0 aromatic heterocycles. The minimum Gasteiger partial charge on any atom is -0.349 e. The van der Waals surface area contributed by atoms with Crippen molar-refractivity contribution < 1.29 is 4.79 Å². The largest absolute Gasteiger partial charge is 0.349 e. The van der Waals surface area contributed by atoms with Crippen molar-refractivity contribution in [3.05, 3.63) is 34.9 Å². The third kappa shape index (κ3) is 2.92. The van der Waals surface area contributed by atoms with Gasteiger partial charge < -0.3 is 5.32 Å². The van der Waals surface area contributed by atoms with E-state index in [4.69, 9.17) is 0 Å². The Bertz CT molecular complexity index is 439. The van der Waals surface area contributed by atoms with Crippen molar-refractivity contribution in [2.45, 2.75) is 52.5 Å². The summed E-state index contributed by atoms with van der Waals surface area (Å²) in [7, 11) is 0. The smallest absolute Gasteiger partial charge is 0.251 e. The highest BCUT2D eigenvalue weighted by Crippen LogP contribution is 2.24. The van der Waals surface area contributed by atoms with Crippen LogP contribution in [0.5, 0.6) is 0 Å². The topological polar surface area (TPSA) is 29.1 Å². The molecule has 2 nitrogen and oxygen atoms in total. The van der Waals surface area contributed by atoms with Gasteiger partial charge in [0.15, 0.2) is 0 Å². The van der Waals surface area contributed by atoms with Gasteiger partial charge in [0.25, 0.3) is 5.91 Å². The predicted octanol–water partition coefficient (Wildman–Crippen LogP) is 3.61. The Hall–Kier alpha value is -1.31. The van der Waals surface area contributed by atoms with E-state index in [2.05, 4.69) is 25.2 Å². The van der Waals surface area contributed by atoms with Gasteiger partial charge in [0, 0.05) is 11.6 Å². The maximum Gasteiger partial charge on any atom is 0.251 e. The first-order valence-electron chi connectivity index (χ1n) is 6.96. The van der Waals surface area contributed by atoms with Gasteiger partial charge in [-0.05, 0) is 44.2 Å². The van der Waals surface area contributed by atoms with Crippen molar-refractivity contribution in [2.24, 2.45) is 5.92 Å². The van der Waals surface area contributed by atoms with Crippen LogP contribution in [0, 0.1) is 19.8 Å². The van der Waals surface area contributed by atoms with Crippen LogP contribution in [-0.2, 0) is 0 Å². The number of nitrogens with one attached hydrogen (secondary N) is 1. The molecule has 0 aliphatic heterocycles. The zero-order valence-electron chi connectivity index (χ0n) is 11.6. The molecule has 1 aliphatic carbocycles. The molecule has 1 N–H and O–H groups in total. The third-order valence-corrected chi connectivity index (χ3v) is 4.05. The Morgan fingerprint density at radius 3 is 2.61 bits per heavy atom. The maximum absolute atomic E-state index is 12.3. The Balaban J connectivity index is 2.07. The minimum atomic E-state index is 0.0891. The molecule has 1 aromatic rings. The van der Waals surface area contributed by atoms with Crippen LogP contribution >= 0.6 is 0 Å². The molecule has 2 atom stereocenters. The lowest BCUT2D eigenvalue weighted by atomic mass is 9.85. The molecule has 1 amide bonds. The molecule has 18 heavy (non-hydrogen) atoms. The van der Waals surface area contributed by atoms with E-state index >= 15 is 0 Å². The Kier molecular flexibility index (Phi) is 4.05. The molecular weight excluding hydrogens is 222 g/mol. The van der Waals surface area contributed by atoms with Crippen molar-refractivity contribution >= 4 is 5.91 Å². The average molecular weight is 245 g/mol. The summed E-state index contributed by atoms with van der Waals surface area (Å²) in [4.78, 5) is 12.3. The molecule has 2 rings (SSSR count). The fourth-order valence-electron chi connectivity index (χ4n) is 2.85. The number of hydrogen-bond acceptors (Lipinski definition) is 1. The summed E-state index contributed by atoms with van der Waals surface area (Å²) >= 11 is 0. The summed E-state index contributed by atoms with van der Waals surface area (Å²) in [5, 5.41) is 3.21. The lowest BCUT2D eigenvalue weighted by Gasteiger charge is -2.29. The molecule has 0 radical (unpaired) electrons. The lowest BCUT2D eigenvalue weighted by Crippen LogP contribution is -2.41. The van der Waals surface area contributed by atoms with Gasteiger partial charge in [0.1, 0.15) is 0 Å². The molecule has 1 aliphatic rings. The van der Waals surface area contributed by atoms with Crippen LogP contribution in [0.3, 0.4) is 0 Å². The molecule has 0 spiro atoms. The van der Waals surface area contributed by atoms with Crippen LogP contribution in [0.4, 0.5) is 0 Å². The molecule has 2 heteroatoms. The number of benzene rings is 1. The van der Waals surface area contributed by atoms with E-state index in [0.29, 0.717) is 12.0 Å². The normalized spacial score (nSPS) is 23.7. The summed E-state index contributed by atoms with van der Waals surface area (Å²) in [6.45, 7) is 6.30. The highest BCUT2D eigenvalue weighted by atomic mass is 16.1. The second kappa shape index (κ2) is 5.55. The summed E-state index contributed by atoms with van der Waals surface area (Å²) < 4.78 is 0. The second-order valence-corrected chi connectivity index (χ2v) is 5.66. The molecule has 1 aromatic carbocycles. The SMILES string of the molecule is Cc1ccc(C(=O)NC2CCCCC2C)c(C)c1. The van der Waals surface area contributed by atoms with E-state index in [0.717, 1.165) is 17.5 Å². The fourth-order valence-corrected chi connectivity index (χ4v) is 2.85. The highest BCUT2D eigenvalue weighted by Gasteiger charge is 2.23. The number of aryl methyl sites for hydroxylation is 2. The molecule has 0 saturated heterocycles. The van der Waals surface area contributed by atoms with Crippen LogP contribution in [0.2, 0.25) is 0 Å². The zero-order valence-corrected chi connectivity index (χ0v) is 11.6. The van der Waals surface area contributed by atoms with Gasteiger partial charge in [-0.25, -0.2) is 0 Å². The molecule has 0 heterocycles. The van der Waals surface area contributed by atoms with Crippen LogP contribution in [0.25, 0.3) is 0 Å². The first kappa shape index (κ1) is 13.1. The van der Waals surface area contributed by atoms with E-state index in [1.54, 1.807) is 0 Å². The minimum absolute atomic E-state index is 0.0891. The average Bonchev–Trinajstić information content (AvgIpc) is 2.32. The fraction of sp³-hybridized carbons (Fsp3) is 0.562. The quantitative estimate of drug-likeness (QED) is 0.847. The monoisotopic (exact) mass is 245 g/mol. The van der Waals surface area contributed by atoms with Crippen LogP contribution in [-0.4, -0.2) is 11.9 Å². The zero-order chi connectivity index (χ0) is 13.1. The van der Waals surface area contributed by atoms with E-state index in [-0.39, 0.29) is 5.91 Å². The number of amides is 1. The summed E-state index contributed by atoms with van der Waals surface area (Å²) in [5.74, 6) is 0.694. The summed E-state index contributed by atoms with van der Waals surface area (Å²) in [6.07, 6.45) is 4.90. The number of carbonyl (C=O) groups is 1. The maximum atomic E-state index is 12.3. The van der Waals surface area contributed by atoms with Crippen molar-refractivity contribution in [3.8, 4) is 0 Å². The van der Waals surface area contributed by atoms with Crippen molar-refractivity contribution in [3.63, 3.8) is 0 Å². The van der Waals surface area contributed by atoms with Gasteiger partial charge in [-0.15, -0.1) is 0 Å². The number of hydrogen-bond donors (Lipinski definition) is 1. The molecule has 1 fully saturated rings. The van der Waals surface area contributed by atoms with Crippen molar-refractivity contribution in [1.82, 2.24) is 5.32 Å². The van der Waals surface area contributed by atoms with Gasteiger partial charge in [0.05, 0.1) is 0 Å². The Morgan fingerprint density at radius 2 is 1.94 bits per heavy atom. The van der Waals surface area contributed by atoms with E-state index in [1.165, 1.54) is 24.8 Å². The van der Waals surface area contributed by atoms with Gasteiger partial charge in [-0.3, -0.25) is 4.79 Å². The molecule has 1 saturated carbocycles. The Labute approximate surface area is 110 Å². The van der Waals surface area contributed by atoms with Crippen LogP contribution < -0.4 is 5.32 Å². The first-order chi connectivity index (χ1) is 8.58. The van der Waals surface area contributed by atoms with Crippen LogP contribution in [0.15, 0.2) is 18.2 Å². The van der Waals surface area contributed by atoms with Crippen molar-refractivity contribution in [1.29, 1.82) is 0 Å². The summed E-state index contributed by atoms with van der Waals surface area (Å²) in [6, 6.07) is 6.37. The van der Waals surface area contributed by atoms with Gasteiger partial charge >= 0.3 is 0 Å². The third-order valence-electron chi connectivity index (χ3n) is 4.05. The van der Waals surface area contributed by atoms with Crippen LogP contribution in [0.1, 0.15) is 54.1 Å². The number of rotatable bonds is 2. The second-order valence-electron chi connectivity index (χ2n) is 5.66. The van der Waals surface area contributed by atoms with Gasteiger partial charge in [-0.2, -0.15) is 0 Å². The first-order valence-corrected chi connectivity index (χ1v) is 6.96. The molecule has 0 bridgehead atoms. The van der Waals surface area contributed by atoms with E-state index in [1.807, 2.05) is 19.1 Å². The predicted molar refractivity (Wildman–Crippen MR) is 74.8 cm³/mol. The van der Waals surface area contributed by atoms with E-state index in [9.17, 15) is 4.79 Å². The lowest BCUT2D eigenvalue weighted by molar-refractivity contribution is 0.0909. The summed E-state index contributed by atoms with van der Waals surface area (Å²) in [5.41, 5.74) is 3.09.